The van der Waals surface area contributed by atoms with Crippen LogP contribution in [0.4, 0.5) is 4.39 Å². The molecule has 0 aliphatic carbocycles. The van der Waals surface area contributed by atoms with Crippen LogP contribution >= 0.6 is 0 Å². The Kier molecular flexibility index (Phi) is 2.88. The van der Waals surface area contributed by atoms with Gasteiger partial charge >= 0.3 is 0 Å². The van der Waals surface area contributed by atoms with Crippen molar-refractivity contribution >= 4 is 5.91 Å². The standard InChI is InChI=1S/C11H11FN4O/c12-8-3-7(6-13)4-9(5-8)16-2-1-10(15-16)11(14)17/h1-5H,6,13H2,(H2,14,17). The molecule has 0 atom stereocenters. The van der Waals surface area contributed by atoms with Crippen LogP contribution in [0.25, 0.3) is 5.69 Å². The molecule has 17 heavy (non-hydrogen) atoms. The van der Waals surface area contributed by atoms with Crippen molar-refractivity contribution in [2.45, 2.75) is 6.54 Å². The SMILES string of the molecule is NCc1cc(F)cc(-n2ccc(C(N)=O)n2)c1. The molecule has 6 heteroatoms. The molecule has 0 spiro atoms. The zero-order valence-corrected chi connectivity index (χ0v) is 8.93. The number of nitrogens with two attached hydrogens (primary N) is 2. The smallest absolute Gasteiger partial charge is 0.269 e. The first-order valence-electron chi connectivity index (χ1n) is 4.95. The summed E-state index contributed by atoms with van der Waals surface area (Å²) in [4.78, 5) is 10.9. The molecule has 5 nitrogen and oxygen atoms in total. The normalized spacial score (nSPS) is 10.5. The number of hydrogen-bond donors (Lipinski definition) is 2. The van der Waals surface area contributed by atoms with Gasteiger partial charge in [-0.3, -0.25) is 4.79 Å². The molecular weight excluding hydrogens is 223 g/mol. The average molecular weight is 234 g/mol. The third-order valence-corrected chi connectivity index (χ3v) is 2.28. The van der Waals surface area contributed by atoms with Gasteiger partial charge in [0.25, 0.3) is 5.91 Å². The second-order valence-electron chi connectivity index (χ2n) is 3.53. The highest BCUT2D eigenvalue weighted by molar-refractivity contribution is 5.90. The molecule has 2 aromatic rings. The molecule has 0 bridgehead atoms. The number of rotatable bonds is 3. The summed E-state index contributed by atoms with van der Waals surface area (Å²) >= 11 is 0. The van der Waals surface area contributed by atoms with Crippen molar-refractivity contribution in [1.82, 2.24) is 9.78 Å². The lowest BCUT2D eigenvalue weighted by Gasteiger charge is -2.04. The number of aromatic nitrogens is 2. The summed E-state index contributed by atoms with van der Waals surface area (Å²) in [5.74, 6) is -1.03. The summed E-state index contributed by atoms with van der Waals surface area (Å²) in [6.07, 6.45) is 1.54. The van der Waals surface area contributed by atoms with Crippen molar-refractivity contribution in [2.24, 2.45) is 11.5 Å². The predicted octanol–water partition coefficient (Wildman–Crippen LogP) is 0.569. The molecule has 2 rings (SSSR count). The first-order chi connectivity index (χ1) is 8.10. The van der Waals surface area contributed by atoms with Crippen LogP contribution in [0.15, 0.2) is 30.5 Å². The second kappa shape index (κ2) is 4.34. The van der Waals surface area contributed by atoms with Crippen molar-refractivity contribution in [3.05, 3.63) is 47.5 Å². The van der Waals surface area contributed by atoms with E-state index in [1.807, 2.05) is 0 Å². The Morgan fingerprint density at radius 1 is 1.41 bits per heavy atom. The van der Waals surface area contributed by atoms with Gasteiger partial charge in [0, 0.05) is 12.7 Å². The fourth-order valence-electron chi connectivity index (χ4n) is 1.48. The first-order valence-corrected chi connectivity index (χ1v) is 4.95. The molecule has 0 saturated heterocycles. The maximum atomic E-state index is 13.3. The zero-order valence-electron chi connectivity index (χ0n) is 8.93. The van der Waals surface area contributed by atoms with Crippen molar-refractivity contribution in [1.29, 1.82) is 0 Å². The third-order valence-electron chi connectivity index (χ3n) is 2.28. The number of benzene rings is 1. The van der Waals surface area contributed by atoms with Crippen molar-refractivity contribution in [2.75, 3.05) is 0 Å². The maximum absolute atomic E-state index is 13.3. The molecule has 1 aromatic carbocycles. The van der Waals surface area contributed by atoms with E-state index in [-0.39, 0.29) is 12.2 Å². The quantitative estimate of drug-likeness (QED) is 0.813. The number of hydrogen-bond acceptors (Lipinski definition) is 3. The van der Waals surface area contributed by atoms with Gasteiger partial charge in [-0.25, -0.2) is 9.07 Å². The average Bonchev–Trinajstić information content (AvgIpc) is 2.77. The lowest BCUT2D eigenvalue weighted by atomic mass is 10.2. The van der Waals surface area contributed by atoms with Crippen LogP contribution < -0.4 is 11.5 Å². The van der Waals surface area contributed by atoms with Crippen LogP contribution in [0.1, 0.15) is 16.1 Å². The fraction of sp³-hybridized carbons (Fsp3) is 0.0909. The van der Waals surface area contributed by atoms with E-state index in [1.54, 1.807) is 6.07 Å². The number of nitrogens with zero attached hydrogens (tertiary/aromatic N) is 2. The minimum absolute atomic E-state index is 0.128. The monoisotopic (exact) mass is 234 g/mol. The molecule has 1 heterocycles. The summed E-state index contributed by atoms with van der Waals surface area (Å²) in [6.45, 7) is 0.231. The summed E-state index contributed by atoms with van der Waals surface area (Å²) in [5.41, 5.74) is 11.8. The van der Waals surface area contributed by atoms with E-state index in [1.165, 1.54) is 29.1 Å². The molecule has 0 unspecified atom stereocenters. The van der Waals surface area contributed by atoms with Crippen LogP contribution in [0.3, 0.4) is 0 Å². The highest BCUT2D eigenvalue weighted by atomic mass is 19.1. The third kappa shape index (κ3) is 2.31. The van der Waals surface area contributed by atoms with Gasteiger partial charge in [0.05, 0.1) is 5.69 Å². The number of carbonyl (C=O) groups is 1. The van der Waals surface area contributed by atoms with Crippen molar-refractivity contribution < 1.29 is 9.18 Å². The van der Waals surface area contributed by atoms with E-state index in [0.717, 1.165) is 0 Å². The van der Waals surface area contributed by atoms with Crippen molar-refractivity contribution in [3.63, 3.8) is 0 Å². The molecule has 88 valence electrons. The van der Waals surface area contributed by atoms with Gasteiger partial charge in [0.15, 0.2) is 0 Å². The molecule has 0 aliphatic heterocycles. The Morgan fingerprint density at radius 3 is 2.76 bits per heavy atom. The van der Waals surface area contributed by atoms with Crippen LogP contribution in [-0.2, 0) is 6.54 Å². The van der Waals surface area contributed by atoms with E-state index in [4.69, 9.17) is 11.5 Å². The van der Waals surface area contributed by atoms with Gasteiger partial charge in [0.2, 0.25) is 0 Å². The molecule has 4 N–H and O–H groups in total. The Balaban J connectivity index is 2.44. The number of carbonyl (C=O) groups excluding carboxylic acids is 1. The van der Waals surface area contributed by atoms with Crippen LogP contribution in [-0.4, -0.2) is 15.7 Å². The van der Waals surface area contributed by atoms with E-state index in [9.17, 15) is 9.18 Å². The summed E-state index contributed by atoms with van der Waals surface area (Å²) < 4.78 is 14.7. The summed E-state index contributed by atoms with van der Waals surface area (Å²) in [6, 6.07) is 5.81. The Morgan fingerprint density at radius 2 is 2.18 bits per heavy atom. The Labute approximate surface area is 96.8 Å². The first kappa shape index (κ1) is 11.3. The van der Waals surface area contributed by atoms with Crippen LogP contribution in [0.2, 0.25) is 0 Å². The molecule has 0 aliphatic rings. The molecule has 1 aromatic heterocycles. The van der Waals surface area contributed by atoms with Crippen molar-refractivity contribution in [3.8, 4) is 5.69 Å². The molecule has 0 saturated carbocycles. The van der Waals surface area contributed by atoms with Gasteiger partial charge in [-0.05, 0) is 29.8 Å². The van der Waals surface area contributed by atoms with Gasteiger partial charge in [-0.2, -0.15) is 5.10 Å². The van der Waals surface area contributed by atoms with Crippen LogP contribution in [0, 0.1) is 5.82 Å². The van der Waals surface area contributed by atoms with Crippen LogP contribution in [0.5, 0.6) is 0 Å². The Bertz CT molecular complexity index is 564. The maximum Gasteiger partial charge on any atom is 0.269 e. The lowest BCUT2D eigenvalue weighted by Crippen LogP contribution is -2.12. The van der Waals surface area contributed by atoms with Gasteiger partial charge < -0.3 is 11.5 Å². The van der Waals surface area contributed by atoms with Gasteiger partial charge in [-0.1, -0.05) is 0 Å². The van der Waals surface area contributed by atoms with Gasteiger partial charge in [-0.15, -0.1) is 0 Å². The zero-order chi connectivity index (χ0) is 12.4. The number of primary amides is 1. The fourth-order valence-corrected chi connectivity index (χ4v) is 1.48. The van der Waals surface area contributed by atoms with E-state index in [2.05, 4.69) is 5.10 Å². The van der Waals surface area contributed by atoms with E-state index in [0.29, 0.717) is 11.3 Å². The summed E-state index contributed by atoms with van der Waals surface area (Å²) in [5, 5.41) is 3.93. The molecule has 0 fully saturated rings. The second-order valence-corrected chi connectivity index (χ2v) is 3.53. The number of halogens is 1. The lowest BCUT2D eigenvalue weighted by molar-refractivity contribution is 0.0995. The van der Waals surface area contributed by atoms with E-state index >= 15 is 0 Å². The highest BCUT2D eigenvalue weighted by Gasteiger charge is 2.07. The molecule has 1 amide bonds. The minimum atomic E-state index is -0.626. The molecule has 0 radical (unpaired) electrons. The van der Waals surface area contributed by atoms with Gasteiger partial charge in [0.1, 0.15) is 11.5 Å². The predicted molar refractivity (Wildman–Crippen MR) is 59.9 cm³/mol. The Hall–Kier alpha value is -2.21. The number of amides is 1. The molecular formula is C11H11FN4O. The van der Waals surface area contributed by atoms with E-state index < -0.39 is 11.7 Å². The largest absolute Gasteiger partial charge is 0.364 e. The highest BCUT2D eigenvalue weighted by Crippen LogP contribution is 2.13. The summed E-state index contributed by atoms with van der Waals surface area (Å²) in [7, 11) is 0. The topological polar surface area (TPSA) is 86.9 Å². The minimum Gasteiger partial charge on any atom is -0.364 e.